The average molecular weight is 284 g/mol. The van der Waals surface area contributed by atoms with Crippen molar-refractivity contribution in [1.29, 1.82) is 0 Å². The van der Waals surface area contributed by atoms with Gasteiger partial charge in [-0.25, -0.2) is 4.79 Å². The zero-order valence-electron chi connectivity index (χ0n) is 10.7. The van der Waals surface area contributed by atoms with Gasteiger partial charge in [-0.3, -0.25) is 10.1 Å². The molecule has 1 aromatic rings. The van der Waals surface area contributed by atoms with Crippen LogP contribution in [0.2, 0.25) is 0 Å². The molecule has 1 heterocycles. The van der Waals surface area contributed by atoms with Crippen LogP contribution >= 0.6 is 0 Å². The third-order valence-corrected chi connectivity index (χ3v) is 2.98. The molecule has 20 heavy (non-hydrogen) atoms. The fourth-order valence-corrected chi connectivity index (χ4v) is 1.82. The lowest BCUT2D eigenvalue weighted by Gasteiger charge is -2.26. The van der Waals surface area contributed by atoms with Crippen molar-refractivity contribution < 1.29 is 23.6 Å². The number of carbonyl (C=O) groups excluding carboxylic acids is 1. The van der Waals surface area contributed by atoms with E-state index in [9.17, 15) is 19.3 Å². The van der Waals surface area contributed by atoms with Gasteiger partial charge in [0.25, 0.3) is 0 Å². The largest absolute Gasteiger partial charge is 0.465 e. The van der Waals surface area contributed by atoms with Crippen LogP contribution in [-0.2, 0) is 9.47 Å². The molecular weight excluding hydrogens is 271 g/mol. The Kier molecular flexibility index (Phi) is 4.14. The number of halogens is 1. The van der Waals surface area contributed by atoms with Crippen LogP contribution in [0.1, 0.15) is 16.8 Å². The molecule has 1 aliphatic rings. The summed E-state index contributed by atoms with van der Waals surface area (Å²) in [5.41, 5.74) is -0.851. The molecule has 0 unspecified atom stereocenters. The molecule has 1 atom stereocenters. The summed E-state index contributed by atoms with van der Waals surface area (Å²) in [6.45, 7) is 0.954. The molecule has 0 bridgehead atoms. The van der Waals surface area contributed by atoms with Gasteiger partial charge in [-0.05, 0) is 18.6 Å². The molecule has 1 fully saturated rings. The van der Waals surface area contributed by atoms with Gasteiger partial charge in [0.05, 0.1) is 23.7 Å². The van der Waals surface area contributed by atoms with Gasteiger partial charge in [0.15, 0.2) is 0 Å². The van der Waals surface area contributed by atoms with Crippen LogP contribution in [-0.4, -0.2) is 37.3 Å². The molecule has 2 rings (SSSR count). The number of nitro groups is 1. The van der Waals surface area contributed by atoms with Crippen LogP contribution < -0.4 is 5.32 Å². The number of hydrogen-bond donors (Lipinski definition) is 1. The van der Waals surface area contributed by atoms with E-state index >= 15 is 0 Å². The van der Waals surface area contributed by atoms with Gasteiger partial charge in [0.2, 0.25) is 5.82 Å². The zero-order chi connectivity index (χ0) is 14.7. The van der Waals surface area contributed by atoms with E-state index in [1.165, 1.54) is 6.07 Å². The highest BCUT2D eigenvalue weighted by Crippen LogP contribution is 2.30. The number of methoxy groups -OCH3 is 1. The third-order valence-electron chi connectivity index (χ3n) is 2.98. The average Bonchev–Trinajstić information content (AvgIpc) is 2.34. The second-order valence-electron chi connectivity index (χ2n) is 4.27. The SMILES string of the molecule is COC(=O)c1cc(F)c([N+](=O)[O-])c(NC[C@@H]2CCO2)c1. The Hall–Kier alpha value is -2.22. The molecule has 8 heteroatoms. The molecule has 0 aliphatic carbocycles. The lowest BCUT2D eigenvalue weighted by Crippen LogP contribution is -2.33. The maximum absolute atomic E-state index is 13.8. The van der Waals surface area contributed by atoms with E-state index in [0.29, 0.717) is 13.2 Å². The summed E-state index contributed by atoms with van der Waals surface area (Å²) in [4.78, 5) is 21.5. The zero-order valence-corrected chi connectivity index (χ0v) is 10.7. The maximum Gasteiger partial charge on any atom is 0.338 e. The summed E-state index contributed by atoms with van der Waals surface area (Å²) in [6, 6.07) is 1.99. The Morgan fingerprint density at radius 3 is 2.85 bits per heavy atom. The van der Waals surface area contributed by atoms with Crippen molar-refractivity contribution in [3.63, 3.8) is 0 Å². The number of hydrogen-bond acceptors (Lipinski definition) is 6. The predicted molar refractivity (Wildman–Crippen MR) is 67.2 cm³/mol. The molecule has 0 aromatic heterocycles. The molecule has 1 saturated heterocycles. The van der Waals surface area contributed by atoms with E-state index in [2.05, 4.69) is 10.1 Å². The van der Waals surface area contributed by atoms with Crippen LogP contribution in [0.5, 0.6) is 0 Å². The van der Waals surface area contributed by atoms with Crippen molar-refractivity contribution in [2.75, 3.05) is 25.6 Å². The summed E-state index contributed by atoms with van der Waals surface area (Å²) in [7, 11) is 1.15. The van der Waals surface area contributed by atoms with E-state index in [4.69, 9.17) is 4.74 Å². The molecule has 0 spiro atoms. The summed E-state index contributed by atoms with van der Waals surface area (Å²) < 4.78 is 23.4. The Morgan fingerprint density at radius 1 is 1.65 bits per heavy atom. The van der Waals surface area contributed by atoms with Crippen LogP contribution in [0, 0.1) is 15.9 Å². The number of carbonyl (C=O) groups is 1. The van der Waals surface area contributed by atoms with Gasteiger partial charge in [0.1, 0.15) is 5.69 Å². The number of anilines is 1. The minimum absolute atomic E-state index is 0.0561. The highest BCUT2D eigenvalue weighted by atomic mass is 19.1. The van der Waals surface area contributed by atoms with E-state index in [0.717, 1.165) is 19.6 Å². The molecular formula is C12H13FN2O5. The molecule has 1 N–H and O–H groups in total. The Balaban J connectivity index is 2.30. The van der Waals surface area contributed by atoms with Crippen LogP contribution in [0.25, 0.3) is 0 Å². The first kappa shape index (κ1) is 14.2. The number of nitro benzene ring substituents is 1. The number of rotatable bonds is 5. The van der Waals surface area contributed by atoms with Gasteiger partial charge in [0, 0.05) is 13.2 Å². The fraction of sp³-hybridized carbons (Fsp3) is 0.417. The van der Waals surface area contributed by atoms with Crippen molar-refractivity contribution in [3.8, 4) is 0 Å². The Labute approximate surface area is 113 Å². The highest BCUT2D eigenvalue weighted by Gasteiger charge is 2.25. The summed E-state index contributed by atoms with van der Waals surface area (Å²) in [5.74, 6) is -1.85. The first-order chi connectivity index (χ1) is 9.52. The smallest absolute Gasteiger partial charge is 0.338 e. The lowest BCUT2D eigenvalue weighted by atomic mass is 10.1. The number of esters is 1. The molecule has 7 nitrogen and oxygen atoms in total. The van der Waals surface area contributed by atoms with Gasteiger partial charge < -0.3 is 14.8 Å². The quantitative estimate of drug-likeness (QED) is 0.503. The van der Waals surface area contributed by atoms with E-state index < -0.39 is 22.4 Å². The Bertz CT molecular complexity index is 545. The van der Waals surface area contributed by atoms with Gasteiger partial charge >= 0.3 is 11.7 Å². The number of ether oxygens (including phenoxy) is 2. The summed E-state index contributed by atoms with van der Waals surface area (Å²) in [6.07, 6.45) is 0.777. The predicted octanol–water partition coefficient (Wildman–Crippen LogP) is 1.72. The van der Waals surface area contributed by atoms with Crippen molar-refractivity contribution in [1.82, 2.24) is 0 Å². The van der Waals surface area contributed by atoms with E-state index in [1.54, 1.807) is 0 Å². The van der Waals surface area contributed by atoms with E-state index in [1.807, 2.05) is 0 Å². The van der Waals surface area contributed by atoms with Gasteiger partial charge in [-0.2, -0.15) is 4.39 Å². The fourth-order valence-electron chi connectivity index (χ4n) is 1.82. The lowest BCUT2D eigenvalue weighted by molar-refractivity contribution is -0.386. The van der Waals surface area contributed by atoms with Crippen LogP contribution in [0.4, 0.5) is 15.8 Å². The second kappa shape index (κ2) is 5.83. The topological polar surface area (TPSA) is 90.7 Å². The molecule has 0 amide bonds. The summed E-state index contributed by atoms with van der Waals surface area (Å²) >= 11 is 0. The first-order valence-corrected chi connectivity index (χ1v) is 5.94. The minimum Gasteiger partial charge on any atom is -0.465 e. The van der Waals surface area contributed by atoms with Crippen LogP contribution in [0.3, 0.4) is 0 Å². The van der Waals surface area contributed by atoms with Crippen molar-refractivity contribution >= 4 is 17.3 Å². The van der Waals surface area contributed by atoms with E-state index in [-0.39, 0.29) is 17.4 Å². The number of nitrogens with zero attached hydrogens (tertiary/aromatic N) is 1. The minimum atomic E-state index is -1.09. The molecule has 1 aromatic carbocycles. The van der Waals surface area contributed by atoms with Crippen molar-refractivity contribution in [2.24, 2.45) is 0 Å². The Morgan fingerprint density at radius 2 is 2.35 bits per heavy atom. The highest BCUT2D eigenvalue weighted by molar-refractivity contribution is 5.91. The molecule has 108 valence electrons. The van der Waals surface area contributed by atoms with Crippen molar-refractivity contribution in [2.45, 2.75) is 12.5 Å². The number of benzene rings is 1. The van der Waals surface area contributed by atoms with Gasteiger partial charge in [-0.1, -0.05) is 0 Å². The number of nitrogens with one attached hydrogen (secondary N) is 1. The standard InChI is InChI=1S/C12H13FN2O5/c1-19-12(16)7-4-9(13)11(15(17)18)10(5-7)14-6-8-2-3-20-8/h4-5,8,14H,2-3,6H2,1H3/t8-/m0/s1. The first-order valence-electron chi connectivity index (χ1n) is 5.94. The van der Waals surface area contributed by atoms with Crippen molar-refractivity contribution in [3.05, 3.63) is 33.6 Å². The molecule has 0 radical (unpaired) electrons. The molecule has 1 aliphatic heterocycles. The van der Waals surface area contributed by atoms with Crippen LogP contribution in [0.15, 0.2) is 12.1 Å². The maximum atomic E-state index is 13.8. The molecule has 0 saturated carbocycles. The summed E-state index contributed by atoms with van der Waals surface area (Å²) in [5, 5.41) is 13.6. The second-order valence-corrected chi connectivity index (χ2v) is 4.27. The third kappa shape index (κ3) is 2.85. The monoisotopic (exact) mass is 284 g/mol. The normalized spacial score (nSPS) is 17.2. The van der Waals surface area contributed by atoms with Gasteiger partial charge in [-0.15, -0.1) is 0 Å².